The molecule has 0 spiro atoms. The van der Waals surface area contributed by atoms with Crippen LogP contribution < -0.4 is 0 Å². The number of hydrogen-bond acceptors (Lipinski definition) is 2. The molecule has 7 unspecified atom stereocenters. The van der Waals surface area contributed by atoms with Crippen LogP contribution in [0, 0.1) is 23.7 Å². The molecule has 0 amide bonds. The Morgan fingerprint density at radius 1 is 1.00 bits per heavy atom. The van der Waals surface area contributed by atoms with Crippen molar-refractivity contribution in [3.63, 3.8) is 0 Å². The molecule has 2 saturated carbocycles. The number of thioether (sulfide) groups is 1. The highest BCUT2D eigenvalue weighted by Crippen LogP contribution is 2.57. The third-order valence-corrected chi connectivity index (χ3v) is 8.16. The predicted octanol–water partition coefficient (Wildman–Crippen LogP) is 4.25. The first kappa shape index (κ1) is 11.8. The van der Waals surface area contributed by atoms with Crippen molar-refractivity contribution in [1.82, 2.24) is 0 Å². The van der Waals surface area contributed by atoms with E-state index in [0.717, 1.165) is 34.2 Å². The van der Waals surface area contributed by atoms with Gasteiger partial charge in [-0.25, -0.2) is 0 Å². The van der Waals surface area contributed by atoms with Crippen molar-refractivity contribution in [2.24, 2.45) is 23.7 Å². The summed E-state index contributed by atoms with van der Waals surface area (Å²) in [6.07, 6.45) is 7.39. The highest BCUT2D eigenvalue weighted by molar-refractivity contribution is 8.01. The van der Waals surface area contributed by atoms with Crippen LogP contribution in [0.4, 0.5) is 0 Å². The van der Waals surface area contributed by atoms with Crippen molar-refractivity contribution in [2.75, 3.05) is 0 Å². The Bertz CT molecular complexity index is 265. The van der Waals surface area contributed by atoms with E-state index in [1.807, 2.05) is 0 Å². The van der Waals surface area contributed by atoms with Gasteiger partial charge in [0.2, 0.25) is 0 Å². The lowest BCUT2D eigenvalue weighted by Crippen LogP contribution is -2.37. The molecule has 0 aromatic rings. The van der Waals surface area contributed by atoms with E-state index in [9.17, 15) is 0 Å². The smallest absolute Gasteiger partial charge is 0.0200 e. The molecule has 1 aliphatic heterocycles. The maximum Gasteiger partial charge on any atom is 0.0200 e. The number of rotatable bonds is 0. The van der Waals surface area contributed by atoms with Crippen LogP contribution in [0.2, 0.25) is 0 Å². The van der Waals surface area contributed by atoms with Crippen molar-refractivity contribution in [3.8, 4) is 0 Å². The molecule has 0 radical (unpaired) electrons. The topological polar surface area (TPSA) is 0 Å². The molecule has 0 aromatic heterocycles. The fraction of sp³-hybridized carbons (Fsp3) is 1.00. The fourth-order valence-electron chi connectivity index (χ4n) is 4.21. The van der Waals surface area contributed by atoms with E-state index in [4.69, 9.17) is 12.6 Å². The van der Waals surface area contributed by atoms with Gasteiger partial charge in [-0.1, -0.05) is 20.3 Å². The highest BCUT2D eigenvalue weighted by atomic mass is 32.2. The Hall–Kier alpha value is 0.700. The van der Waals surface area contributed by atoms with Gasteiger partial charge in [-0.15, -0.1) is 0 Å². The molecule has 3 fully saturated rings. The minimum absolute atomic E-state index is 0.671. The summed E-state index contributed by atoms with van der Waals surface area (Å²) in [5.41, 5.74) is 0. The second-order valence-electron chi connectivity index (χ2n) is 6.43. The quantitative estimate of drug-likeness (QED) is 0.632. The molecule has 2 heteroatoms. The minimum Gasteiger partial charge on any atom is -0.174 e. The van der Waals surface area contributed by atoms with E-state index >= 15 is 0 Å². The molecule has 0 nitrogen and oxygen atoms in total. The fourth-order valence-corrected chi connectivity index (χ4v) is 7.14. The van der Waals surface area contributed by atoms with Crippen LogP contribution in [0.1, 0.15) is 46.0 Å². The summed E-state index contributed by atoms with van der Waals surface area (Å²) in [6, 6.07) is 0. The maximum atomic E-state index is 4.91. The minimum atomic E-state index is 0.671. The van der Waals surface area contributed by atoms with Gasteiger partial charge in [-0.05, 0) is 49.4 Å². The molecule has 0 N–H and O–H groups in total. The first-order valence-electron chi connectivity index (χ1n) is 7.00. The highest BCUT2D eigenvalue weighted by Gasteiger charge is 2.50. The van der Waals surface area contributed by atoms with Gasteiger partial charge >= 0.3 is 0 Å². The third-order valence-electron chi connectivity index (χ3n) is 5.28. The van der Waals surface area contributed by atoms with Gasteiger partial charge in [0.1, 0.15) is 0 Å². The van der Waals surface area contributed by atoms with Gasteiger partial charge in [0.15, 0.2) is 0 Å². The Morgan fingerprint density at radius 3 is 2.56 bits per heavy atom. The van der Waals surface area contributed by atoms with Crippen molar-refractivity contribution in [2.45, 2.75) is 61.7 Å². The second kappa shape index (κ2) is 4.42. The zero-order chi connectivity index (χ0) is 11.3. The maximum absolute atomic E-state index is 4.91. The molecule has 3 rings (SSSR count). The lowest BCUT2D eigenvalue weighted by molar-refractivity contribution is 0.191. The molecular weight excluding hydrogens is 232 g/mol. The van der Waals surface area contributed by atoms with Gasteiger partial charge in [0, 0.05) is 15.7 Å². The first-order valence-corrected chi connectivity index (χ1v) is 8.46. The van der Waals surface area contributed by atoms with Gasteiger partial charge in [-0.3, -0.25) is 0 Å². The van der Waals surface area contributed by atoms with E-state index in [-0.39, 0.29) is 0 Å². The molecule has 2 aliphatic carbocycles. The SMILES string of the molecule is CC1CCC2C(C1)SC1C(S)C(C)CCC21. The van der Waals surface area contributed by atoms with Crippen LogP contribution >= 0.6 is 24.4 Å². The summed E-state index contributed by atoms with van der Waals surface area (Å²) in [5.74, 6) is 3.88. The van der Waals surface area contributed by atoms with Gasteiger partial charge in [0.25, 0.3) is 0 Å². The molecule has 1 saturated heterocycles. The van der Waals surface area contributed by atoms with Crippen LogP contribution in [0.5, 0.6) is 0 Å². The number of fused-ring (bicyclic) bond motifs is 3. The van der Waals surface area contributed by atoms with E-state index in [1.54, 1.807) is 0 Å². The zero-order valence-corrected chi connectivity index (χ0v) is 12.1. The third kappa shape index (κ3) is 1.84. The van der Waals surface area contributed by atoms with E-state index in [0.29, 0.717) is 5.25 Å². The van der Waals surface area contributed by atoms with Crippen LogP contribution in [0.15, 0.2) is 0 Å². The first-order chi connectivity index (χ1) is 7.66. The van der Waals surface area contributed by atoms with E-state index < -0.39 is 0 Å². The summed E-state index contributed by atoms with van der Waals surface area (Å²) in [7, 11) is 0. The molecule has 3 aliphatic rings. The lowest BCUT2D eigenvalue weighted by atomic mass is 9.69. The number of hydrogen-bond donors (Lipinski definition) is 1. The molecule has 7 atom stereocenters. The normalized spacial score (nSPS) is 56.8. The molecule has 0 bridgehead atoms. The van der Waals surface area contributed by atoms with Crippen LogP contribution in [0.3, 0.4) is 0 Å². The van der Waals surface area contributed by atoms with Crippen LogP contribution in [-0.2, 0) is 0 Å². The Labute approximate surface area is 110 Å². The average Bonchev–Trinajstić information content (AvgIpc) is 2.62. The molecule has 0 aromatic carbocycles. The summed E-state index contributed by atoms with van der Waals surface area (Å²) < 4.78 is 0. The molecule has 1 heterocycles. The largest absolute Gasteiger partial charge is 0.174 e. The molecule has 16 heavy (non-hydrogen) atoms. The van der Waals surface area contributed by atoms with Gasteiger partial charge in [-0.2, -0.15) is 24.4 Å². The van der Waals surface area contributed by atoms with Crippen molar-refractivity contribution >= 4 is 24.4 Å². The summed E-state index contributed by atoms with van der Waals surface area (Å²) in [5, 5.41) is 2.54. The van der Waals surface area contributed by atoms with Crippen LogP contribution in [-0.4, -0.2) is 15.7 Å². The van der Waals surface area contributed by atoms with Gasteiger partial charge < -0.3 is 0 Å². The summed E-state index contributed by atoms with van der Waals surface area (Å²) in [6.45, 7) is 4.85. The Kier molecular flexibility index (Phi) is 3.25. The van der Waals surface area contributed by atoms with Crippen molar-refractivity contribution < 1.29 is 0 Å². The van der Waals surface area contributed by atoms with Crippen LogP contribution in [0.25, 0.3) is 0 Å². The molecular formula is C14H24S2. The standard InChI is InChI=1S/C14H24S2/c1-8-3-5-10-11-6-4-9(2)13(15)14(11)16-12(10)7-8/h8-15H,3-7H2,1-2H3. The monoisotopic (exact) mass is 256 g/mol. The van der Waals surface area contributed by atoms with Gasteiger partial charge in [0.05, 0.1) is 0 Å². The zero-order valence-electron chi connectivity index (χ0n) is 10.4. The van der Waals surface area contributed by atoms with Crippen molar-refractivity contribution in [3.05, 3.63) is 0 Å². The number of thiol groups is 1. The van der Waals surface area contributed by atoms with E-state index in [2.05, 4.69) is 25.6 Å². The summed E-state index contributed by atoms with van der Waals surface area (Å²) in [4.78, 5) is 0. The average molecular weight is 256 g/mol. The Balaban J connectivity index is 1.77. The Morgan fingerprint density at radius 2 is 1.75 bits per heavy atom. The lowest BCUT2D eigenvalue weighted by Gasteiger charge is -2.38. The predicted molar refractivity (Wildman–Crippen MR) is 76.3 cm³/mol. The molecule has 92 valence electrons. The summed E-state index contributed by atoms with van der Waals surface area (Å²) >= 11 is 7.23. The van der Waals surface area contributed by atoms with E-state index in [1.165, 1.54) is 32.1 Å². The van der Waals surface area contributed by atoms with Crippen molar-refractivity contribution in [1.29, 1.82) is 0 Å². The second-order valence-corrected chi connectivity index (χ2v) is 8.45.